The predicted molar refractivity (Wildman–Crippen MR) is 84.6 cm³/mol. The summed E-state index contributed by atoms with van der Waals surface area (Å²) < 4.78 is 0. The lowest BCUT2D eigenvalue weighted by atomic mass is 9.79. The van der Waals surface area contributed by atoms with E-state index in [0.29, 0.717) is 11.8 Å². The quantitative estimate of drug-likeness (QED) is 0.825. The molecule has 0 spiro atoms. The minimum absolute atomic E-state index is 0.0948. The van der Waals surface area contributed by atoms with Gasteiger partial charge in [-0.2, -0.15) is 0 Å². The number of aryl methyl sites for hydroxylation is 1. The fourth-order valence-electron chi connectivity index (χ4n) is 2.71. The third kappa shape index (κ3) is 3.07. The average Bonchev–Trinajstić information content (AvgIpc) is 2.86. The SMILES string of the molecule is CCC(C)C(c1ccccc1)C(N)c1sccc1C. The second kappa shape index (κ2) is 6.36. The van der Waals surface area contributed by atoms with Crippen LogP contribution in [0.15, 0.2) is 41.8 Å². The molecule has 0 saturated heterocycles. The monoisotopic (exact) mass is 273 g/mol. The number of hydrogen-bond acceptors (Lipinski definition) is 2. The second-order valence-electron chi connectivity index (χ2n) is 5.32. The molecular weight excluding hydrogens is 250 g/mol. The highest BCUT2D eigenvalue weighted by Crippen LogP contribution is 2.39. The minimum Gasteiger partial charge on any atom is -0.323 e. The van der Waals surface area contributed by atoms with E-state index in [1.54, 1.807) is 11.3 Å². The van der Waals surface area contributed by atoms with E-state index in [2.05, 4.69) is 62.5 Å². The Hall–Kier alpha value is -1.12. The molecule has 0 radical (unpaired) electrons. The van der Waals surface area contributed by atoms with Gasteiger partial charge in [0.2, 0.25) is 0 Å². The van der Waals surface area contributed by atoms with Gasteiger partial charge in [0, 0.05) is 16.8 Å². The number of rotatable bonds is 5. The van der Waals surface area contributed by atoms with Gasteiger partial charge < -0.3 is 5.73 Å². The highest BCUT2D eigenvalue weighted by atomic mass is 32.1. The standard InChI is InChI=1S/C17H23NS/c1-4-12(2)15(14-8-6-5-7-9-14)16(18)17-13(3)10-11-19-17/h5-12,15-16H,4,18H2,1-3H3. The lowest BCUT2D eigenvalue weighted by Gasteiger charge is -2.29. The lowest BCUT2D eigenvalue weighted by molar-refractivity contribution is 0.390. The van der Waals surface area contributed by atoms with Crippen molar-refractivity contribution >= 4 is 11.3 Å². The summed E-state index contributed by atoms with van der Waals surface area (Å²) in [5.41, 5.74) is 9.28. The number of benzene rings is 1. The van der Waals surface area contributed by atoms with Gasteiger partial charge in [-0.15, -0.1) is 11.3 Å². The fourth-order valence-corrected chi connectivity index (χ4v) is 3.68. The van der Waals surface area contributed by atoms with Gasteiger partial charge in [0.1, 0.15) is 0 Å². The van der Waals surface area contributed by atoms with E-state index in [0.717, 1.165) is 6.42 Å². The van der Waals surface area contributed by atoms with Crippen LogP contribution >= 0.6 is 11.3 Å². The van der Waals surface area contributed by atoms with Crippen molar-refractivity contribution in [2.75, 3.05) is 0 Å². The van der Waals surface area contributed by atoms with Crippen molar-refractivity contribution in [3.05, 3.63) is 57.8 Å². The van der Waals surface area contributed by atoms with Gasteiger partial charge in [0.25, 0.3) is 0 Å². The molecule has 1 aromatic heterocycles. The maximum Gasteiger partial charge on any atom is 0.0464 e. The van der Waals surface area contributed by atoms with Gasteiger partial charge >= 0.3 is 0 Å². The zero-order valence-electron chi connectivity index (χ0n) is 12.0. The highest BCUT2D eigenvalue weighted by molar-refractivity contribution is 7.10. The summed E-state index contributed by atoms with van der Waals surface area (Å²) in [7, 11) is 0. The van der Waals surface area contributed by atoms with Crippen LogP contribution in [0.5, 0.6) is 0 Å². The zero-order valence-corrected chi connectivity index (χ0v) is 12.8. The molecule has 1 nitrogen and oxygen atoms in total. The van der Waals surface area contributed by atoms with Gasteiger partial charge in [0.05, 0.1) is 0 Å². The summed E-state index contributed by atoms with van der Waals surface area (Å²) >= 11 is 1.78. The summed E-state index contributed by atoms with van der Waals surface area (Å²) in [6.07, 6.45) is 1.15. The Morgan fingerprint density at radius 2 is 1.84 bits per heavy atom. The van der Waals surface area contributed by atoms with E-state index in [9.17, 15) is 0 Å². The molecular formula is C17H23NS. The fraction of sp³-hybridized carbons (Fsp3) is 0.412. The van der Waals surface area contributed by atoms with Crippen molar-refractivity contribution < 1.29 is 0 Å². The molecule has 2 N–H and O–H groups in total. The molecule has 0 fully saturated rings. The van der Waals surface area contributed by atoms with Crippen LogP contribution in [0.4, 0.5) is 0 Å². The lowest BCUT2D eigenvalue weighted by Crippen LogP contribution is -2.24. The third-order valence-electron chi connectivity index (χ3n) is 4.03. The summed E-state index contributed by atoms with van der Waals surface area (Å²) in [5, 5.41) is 2.14. The summed E-state index contributed by atoms with van der Waals surface area (Å²) in [6.45, 7) is 6.71. The molecule has 2 aromatic rings. The molecule has 19 heavy (non-hydrogen) atoms. The molecule has 0 aliphatic rings. The van der Waals surface area contributed by atoms with Crippen LogP contribution in [0.3, 0.4) is 0 Å². The Kier molecular flexibility index (Phi) is 4.78. The molecule has 102 valence electrons. The molecule has 1 aromatic carbocycles. The molecule has 0 bridgehead atoms. The minimum atomic E-state index is 0.0948. The molecule has 3 atom stereocenters. The number of hydrogen-bond donors (Lipinski definition) is 1. The Labute approximate surface area is 120 Å². The molecule has 0 aliphatic heterocycles. The molecule has 0 aliphatic carbocycles. The van der Waals surface area contributed by atoms with Gasteiger partial charge in [-0.3, -0.25) is 0 Å². The zero-order chi connectivity index (χ0) is 13.8. The maximum absolute atomic E-state index is 6.60. The van der Waals surface area contributed by atoms with E-state index in [4.69, 9.17) is 5.73 Å². The number of thiophene rings is 1. The Morgan fingerprint density at radius 1 is 1.16 bits per heavy atom. The van der Waals surface area contributed by atoms with Crippen LogP contribution in [0.2, 0.25) is 0 Å². The van der Waals surface area contributed by atoms with Crippen LogP contribution in [0, 0.1) is 12.8 Å². The molecule has 1 heterocycles. The van der Waals surface area contributed by atoms with E-state index in [1.807, 2.05) is 0 Å². The average molecular weight is 273 g/mol. The summed E-state index contributed by atoms with van der Waals surface area (Å²) in [5.74, 6) is 0.974. The normalized spacial score (nSPS) is 16.0. The van der Waals surface area contributed by atoms with Crippen molar-refractivity contribution in [2.45, 2.75) is 39.2 Å². The maximum atomic E-state index is 6.60. The molecule has 3 unspecified atom stereocenters. The summed E-state index contributed by atoms with van der Waals surface area (Å²) in [4.78, 5) is 1.33. The first-order valence-corrected chi connectivity index (χ1v) is 7.87. The first-order chi connectivity index (χ1) is 9.15. The van der Waals surface area contributed by atoms with Crippen LogP contribution < -0.4 is 5.73 Å². The van der Waals surface area contributed by atoms with Crippen molar-refractivity contribution in [2.24, 2.45) is 11.7 Å². The van der Waals surface area contributed by atoms with E-state index in [1.165, 1.54) is 16.0 Å². The van der Waals surface area contributed by atoms with Crippen molar-refractivity contribution in [3.8, 4) is 0 Å². The van der Waals surface area contributed by atoms with Gasteiger partial charge in [-0.05, 0) is 35.4 Å². The van der Waals surface area contributed by atoms with Crippen LogP contribution in [-0.2, 0) is 0 Å². The van der Waals surface area contributed by atoms with Crippen LogP contribution in [-0.4, -0.2) is 0 Å². The Bertz CT molecular complexity index is 503. The molecule has 0 saturated carbocycles. The topological polar surface area (TPSA) is 26.0 Å². The number of nitrogens with two attached hydrogens (primary N) is 1. The smallest absolute Gasteiger partial charge is 0.0464 e. The van der Waals surface area contributed by atoms with Gasteiger partial charge in [-0.1, -0.05) is 50.6 Å². The van der Waals surface area contributed by atoms with Gasteiger partial charge in [0.15, 0.2) is 0 Å². The molecule has 2 heteroatoms. The summed E-state index contributed by atoms with van der Waals surface area (Å²) in [6, 6.07) is 13.0. The third-order valence-corrected chi connectivity index (χ3v) is 5.15. The first-order valence-electron chi connectivity index (χ1n) is 6.99. The van der Waals surface area contributed by atoms with Crippen LogP contribution in [0.1, 0.15) is 48.2 Å². The molecule has 0 amide bonds. The van der Waals surface area contributed by atoms with E-state index in [-0.39, 0.29) is 6.04 Å². The van der Waals surface area contributed by atoms with Gasteiger partial charge in [-0.25, -0.2) is 0 Å². The largest absolute Gasteiger partial charge is 0.323 e. The van der Waals surface area contributed by atoms with Crippen molar-refractivity contribution in [1.82, 2.24) is 0 Å². The molecule has 2 rings (SSSR count). The Morgan fingerprint density at radius 3 is 2.37 bits per heavy atom. The van der Waals surface area contributed by atoms with Crippen molar-refractivity contribution in [3.63, 3.8) is 0 Å². The van der Waals surface area contributed by atoms with Crippen molar-refractivity contribution in [1.29, 1.82) is 0 Å². The first kappa shape index (κ1) is 14.3. The second-order valence-corrected chi connectivity index (χ2v) is 6.26. The van der Waals surface area contributed by atoms with E-state index >= 15 is 0 Å². The van der Waals surface area contributed by atoms with E-state index < -0.39 is 0 Å². The Balaban J connectivity index is 2.36. The van der Waals surface area contributed by atoms with Crippen LogP contribution in [0.25, 0.3) is 0 Å². The highest BCUT2D eigenvalue weighted by Gasteiger charge is 2.27. The predicted octanol–water partition coefficient (Wildman–Crippen LogP) is 4.89.